The molecule has 55 heavy (non-hydrogen) atoms. The van der Waals surface area contributed by atoms with Crippen LogP contribution >= 0.6 is 11.6 Å². The molecular weight excluding hydrogens is 772 g/mol. The summed E-state index contributed by atoms with van der Waals surface area (Å²) in [5, 5.41) is 21.9. The maximum Gasteiger partial charge on any atom is 0.293 e. The first-order chi connectivity index (χ1) is 25.8. The average molecular weight is 804 g/mol. The van der Waals surface area contributed by atoms with Gasteiger partial charge in [0.15, 0.2) is 5.82 Å². The number of nitrogens with zero attached hydrogens (tertiary/aromatic N) is 5. The third-order valence-corrected chi connectivity index (χ3v) is 10.2. The van der Waals surface area contributed by atoms with Gasteiger partial charge in [-0.1, -0.05) is 23.6 Å². The van der Waals surface area contributed by atoms with Crippen molar-refractivity contribution >= 4 is 45.2 Å². The zero-order valence-corrected chi connectivity index (χ0v) is 31.1. The van der Waals surface area contributed by atoms with Gasteiger partial charge in [0.1, 0.15) is 51.8 Å². The first-order valence-corrected chi connectivity index (χ1v) is 18.8. The van der Waals surface area contributed by atoms with Crippen LogP contribution in [-0.2, 0) is 41.7 Å². The summed E-state index contributed by atoms with van der Waals surface area (Å²) in [6.45, 7) is 2.02. The number of hydrogen-bond acceptors (Lipinski definition) is 6. The Morgan fingerprint density at radius 2 is 1.80 bits per heavy atom. The highest BCUT2D eigenvalue weighted by Crippen LogP contribution is 2.68. The fraction of sp³-hybridized carbons (Fsp3) is 0.351. The normalized spacial score (nSPS) is 18.1. The van der Waals surface area contributed by atoms with E-state index in [-0.39, 0.29) is 46.2 Å². The molecule has 3 heterocycles. The minimum absolute atomic E-state index is 0.0352. The van der Waals surface area contributed by atoms with E-state index in [1.165, 1.54) is 24.8 Å². The number of pyridine rings is 1. The van der Waals surface area contributed by atoms with E-state index in [0.717, 1.165) is 12.1 Å². The van der Waals surface area contributed by atoms with E-state index in [1.807, 2.05) is 0 Å². The second-order valence-electron chi connectivity index (χ2n) is 14.1. The lowest BCUT2D eigenvalue weighted by atomic mass is 9.93. The summed E-state index contributed by atoms with van der Waals surface area (Å²) in [5.74, 6) is -2.53. The molecule has 0 radical (unpaired) electrons. The van der Waals surface area contributed by atoms with E-state index in [4.69, 9.17) is 16.6 Å². The van der Waals surface area contributed by atoms with E-state index >= 15 is 8.78 Å². The Kier molecular flexibility index (Phi) is 9.75. The fourth-order valence-corrected chi connectivity index (χ4v) is 7.85. The van der Waals surface area contributed by atoms with Crippen LogP contribution in [0.25, 0.3) is 22.0 Å². The molecule has 0 saturated heterocycles. The van der Waals surface area contributed by atoms with E-state index in [2.05, 4.69) is 32.1 Å². The number of aryl methyl sites for hydroxylation is 1. The molecule has 0 spiro atoms. The smallest absolute Gasteiger partial charge is 0.293 e. The second-order valence-corrected chi connectivity index (χ2v) is 15.6. The number of fused-ring (bicyclic) bond motifs is 4. The van der Waals surface area contributed by atoms with Crippen LogP contribution in [0.4, 0.5) is 32.2 Å². The number of aliphatic hydroxyl groups is 1. The third-order valence-electron chi connectivity index (χ3n) is 9.38. The highest BCUT2D eigenvalue weighted by atomic mass is 35.5. The summed E-state index contributed by atoms with van der Waals surface area (Å²) in [4.78, 5) is 18.6. The van der Waals surface area contributed by atoms with Crippen molar-refractivity contribution in [3.05, 3.63) is 93.0 Å². The predicted molar refractivity (Wildman–Crippen MR) is 193 cm³/mol. The topological polar surface area (TPSA) is 127 Å². The average Bonchev–Trinajstić information content (AvgIpc) is 3.62. The van der Waals surface area contributed by atoms with Gasteiger partial charge in [0, 0.05) is 42.0 Å². The van der Waals surface area contributed by atoms with Gasteiger partial charge in [-0.05, 0) is 74.4 Å². The largest absolute Gasteiger partial charge is 0.378 e. The molecule has 2 aromatic carbocycles. The highest BCUT2D eigenvalue weighted by Gasteiger charge is 2.67. The molecule has 10 nitrogen and oxygen atoms in total. The molecule has 7 rings (SSSR count). The van der Waals surface area contributed by atoms with Crippen molar-refractivity contribution in [1.29, 1.82) is 0 Å². The van der Waals surface area contributed by atoms with Crippen LogP contribution in [0, 0.1) is 29.4 Å². The Balaban J connectivity index is 1.38. The number of amides is 1. The van der Waals surface area contributed by atoms with Crippen molar-refractivity contribution in [3.8, 4) is 23.0 Å². The molecule has 3 N–H and O–H groups in total. The molecule has 1 amide bonds. The van der Waals surface area contributed by atoms with Crippen LogP contribution in [0.3, 0.4) is 0 Å². The minimum Gasteiger partial charge on any atom is -0.378 e. The van der Waals surface area contributed by atoms with Crippen molar-refractivity contribution in [2.45, 2.75) is 63.1 Å². The van der Waals surface area contributed by atoms with Crippen molar-refractivity contribution in [1.82, 2.24) is 29.9 Å². The number of halogens is 7. The maximum absolute atomic E-state index is 15.4. The number of rotatable bonds is 10. The van der Waals surface area contributed by atoms with Gasteiger partial charge in [-0.2, -0.15) is 19.0 Å². The number of aromatic nitrogens is 5. The third kappa shape index (κ3) is 7.42. The summed E-state index contributed by atoms with van der Waals surface area (Å²) >= 11 is 6.62. The van der Waals surface area contributed by atoms with Gasteiger partial charge in [-0.3, -0.25) is 18.9 Å². The minimum atomic E-state index is -3.48. The zero-order valence-electron chi connectivity index (χ0n) is 29.5. The van der Waals surface area contributed by atoms with Crippen LogP contribution in [0.15, 0.2) is 42.5 Å². The number of hydrogen-bond donors (Lipinski definition) is 3. The molecule has 0 aliphatic heterocycles. The monoisotopic (exact) mass is 803 g/mol. The first-order valence-electron chi connectivity index (χ1n) is 16.9. The summed E-state index contributed by atoms with van der Waals surface area (Å²) in [7, 11) is 0.0815. The second kappa shape index (κ2) is 14.0. The van der Waals surface area contributed by atoms with E-state index in [1.54, 1.807) is 31.3 Å². The standard InChI is InChI=1S/C37H32ClF6N7O3S/c1-36(2,53)10-9-20-5-6-21(22-7-8-25(38)29-32(22)50(3)48-35(29)49-55(4)54)30(45-20)26(13-17-11-18(39)14-19(40)12-17)46-27(52)16-51-33-28(31(47-51)34(41)42)23-15-24(23)37(33,43)44/h5-8,11-12,14,23-24,26,34,53H,13,15-16H2,1-4H3,(H,46,52)(H,48,49)/t23-,24?,26?,55?/m0/s1. The number of benzene rings is 2. The lowest BCUT2D eigenvalue weighted by Crippen LogP contribution is -2.35. The van der Waals surface area contributed by atoms with Gasteiger partial charge in [-0.15, -0.1) is 0 Å². The Hall–Kier alpha value is -4.92. The summed E-state index contributed by atoms with van der Waals surface area (Å²) in [5.41, 5.74) is -1.69. The van der Waals surface area contributed by atoms with Gasteiger partial charge in [0.2, 0.25) is 5.91 Å². The van der Waals surface area contributed by atoms with Crippen LogP contribution in [0.2, 0.25) is 5.02 Å². The van der Waals surface area contributed by atoms with Crippen LogP contribution in [0.1, 0.15) is 72.6 Å². The van der Waals surface area contributed by atoms with Gasteiger partial charge < -0.3 is 10.4 Å². The molecule has 5 aromatic rings. The number of anilines is 1. The van der Waals surface area contributed by atoms with Crippen LogP contribution < -0.4 is 10.0 Å². The summed E-state index contributed by atoms with van der Waals surface area (Å²) < 4.78 is 105. The molecule has 18 heteroatoms. The molecule has 3 unspecified atom stereocenters. The first kappa shape index (κ1) is 38.4. The number of alkyl halides is 4. The summed E-state index contributed by atoms with van der Waals surface area (Å²) in [6, 6.07) is 7.87. The SMILES string of the molecule is Cn1nc(NS(C)=O)c2c(Cl)ccc(-c3ccc(C#CC(C)(C)O)nc3C(Cc3cc(F)cc(F)c3)NC(=O)Cn3nc(C(F)F)c4c3C(F)(F)C3C[C@H]43)c21. The zero-order chi connectivity index (χ0) is 39.7. The van der Waals surface area contributed by atoms with Crippen LogP contribution in [0.5, 0.6) is 0 Å². The Morgan fingerprint density at radius 3 is 2.45 bits per heavy atom. The molecule has 2 aliphatic rings. The van der Waals surface area contributed by atoms with Gasteiger partial charge >= 0.3 is 0 Å². The molecule has 1 fully saturated rings. The van der Waals surface area contributed by atoms with Gasteiger partial charge in [-0.25, -0.2) is 26.8 Å². The molecule has 1 saturated carbocycles. The Morgan fingerprint density at radius 1 is 1.11 bits per heavy atom. The van der Waals surface area contributed by atoms with Crippen molar-refractivity contribution in [3.63, 3.8) is 0 Å². The van der Waals surface area contributed by atoms with Crippen molar-refractivity contribution < 1.29 is 40.5 Å². The van der Waals surface area contributed by atoms with E-state index in [0.29, 0.717) is 32.8 Å². The molecule has 2 aliphatic carbocycles. The van der Waals surface area contributed by atoms with Crippen molar-refractivity contribution in [2.75, 3.05) is 11.0 Å². The van der Waals surface area contributed by atoms with Crippen LogP contribution in [-0.4, -0.2) is 51.6 Å². The van der Waals surface area contributed by atoms with Crippen molar-refractivity contribution in [2.24, 2.45) is 13.0 Å². The maximum atomic E-state index is 15.4. The number of carbonyl (C=O) groups excluding carboxylic acids is 1. The summed E-state index contributed by atoms with van der Waals surface area (Å²) in [6.07, 6.45) is -2.01. The lowest BCUT2D eigenvalue weighted by molar-refractivity contribution is -0.123. The highest BCUT2D eigenvalue weighted by molar-refractivity contribution is 7.85. The molecule has 4 atom stereocenters. The number of nitrogens with one attached hydrogen (secondary N) is 2. The molecule has 288 valence electrons. The number of carbonyl (C=O) groups is 1. The Labute approximate surface area is 317 Å². The predicted octanol–water partition coefficient (Wildman–Crippen LogP) is 6.84. The molecule has 0 bridgehead atoms. The molecule has 3 aromatic heterocycles. The van der Waals surface area contributed by atoms with E-state index in [9.17, 15) is 31.7 Å². The van der Waals surface area contributed by atoms with Gasteiger partial charge in [0.05, 0.1) is 27.7 Å². The lowest BCUT2D eigenvalue weighted by Gasteiger charge is -2.23. The van der Waals surface area contributed by atoms with Gasteiger partial charge in [0.25, 0.3) is 12.3 Å². The molecular formula is C37H32ClF6N7O3S. The Bertz CT molecular complexity index is 2450. The van der Waals surface area contributed by atoms with E-state index < -0.39 is 82.3 Å². The fourth-order valence-electron chi connectivity index (χ4n) is 7.19. The quantitative estimate of drug-likeness (QED) is 0.105.